The average molecular weight is 319 g/mol. The van der Waals surface area contributed by atoms with Crippen molar-refractivity contribution in [2.24, 2.45) is 0 Å². The predicted molar refractivity (Wildman–Crippen MR) is 98.9 cm³/mol. The summed E-state index contributed by atoms with van der Waals surface area (Å²) in [4.78, 5) is 14.4. The minimum atomic E-state index is -0.400. The summed E-state index contributed by atoms with van der Waals surface area (Å²) < 4.78 is 0. The molecule has 24 heavy (non-hydrogen) atoms. The molecule has 2 aromatic rings. The molecule has 0 heterocycles. The van der Waals surface area contributed by atoms with Crippen LogP contribution in [0.15, 0.2) is 48.0 Å². The smallest absolute Gasteiger partial charge is 0.266 e. The molecule has 1 amide bonds. The molecular formula is C20H21N3O. The number of benzene rings is 2. The number of carbonyl (C=O) groups is 1. The highest BCUT2D eigenvalue weighted by Crippen LogP contribution is 2.19. The fourth-order valence-electron chi connectivity index (χ4n) is 2.26. The highest BCUT2D eigenvalue weighted by Gasteiger charge is 2.11. The van der Waals surface area contributed by atoms with Gasteiger partial charge in [0.05, 0.1) is 0 Å². The van der Waals surface area contributed by atoms with Gasteiger partial charge in [0.1, 0.15) is 11.6 Å². The lowest BCUT2D eigenvalue weighted by atomic mass is 10.1. The highest BCUT2D eigenvalue weighted by atomic mass is 16.1. The molecule has 0 aliphatic heterocycles. The number of hydrogen-bond donors (Lipinski definition) is 1. The van der Waals surface area contributed by atoms with Gasteiger partial charge in [-0.1, -0.05) is 24.3 Å². The van der Waals surface area contributed by atoms with Crippen LogP contribution >= 0.6 is 0 Å². The van der Waals surface area contributed by atoms with E-state index in [4.69, 9.17) is 0 Å². The molecular weight excluding hydrogens is 298 g/mol. The second kappa shape index (κ2) is 7.47. The van der Waals surface area contributed by atoms with Crippen LogP contribution in [0, 0.1) is 25.2 Å². The molecule has 0 spiro atoms. The van der Waals surface area contributed by atoms with Gasteiger partial charge in [0.2, 0.25) is 0 Å². The summed E-state index contributed by atoms with van der Waals surface area (Å²) >= 11 is 0. The Kier molecular flexibility index (Phi) is 5.39. The molecule has 2 aromatic carbocycles. The van der Waals surface area contributed by atoms with E-state index in [1.807, 2.05) is 81.4 Å². The van der Waals surface area contributed by atoms with Gasteiger partial charge in [-0.05, 0) is 54.8 Å². The van der Waals surface area contributed by atoms with Gasteiger partial charge in [-0.15, -0.1) is 0 Å². The molecule has 4 heteroatoms. The third-order valence-corrected chi connectivity index (χ3v) is 3.94. The van der Waals surface area contributed by atoms with E-state index in [0.29, 0.717) is 0 Å². The zero-order valence-corrected chi connectivity index (χ0v) is 14.4. The molecule has 4 nitrogen and oxygen atoms in total. The van der Waals surface area contributed by atoms with Crippen molar-refractivity contribution in [2.45, 2.75) is 13.8 Å². The van der Waals surface area contributed by atoms with E-state index in [2.05, 4.69) is 5.32 Å². The standard InChI is InChI=1S/C20H21N3O/c1-14-6-5-7-19(15(14)2)22-20(24)17(13-21)12-16-8-10-18(11-9-16)23(3)4/h5-12H,1-4H3,(H,22,24)/b17-12+. The van der Waals surface area contributed by atoms with Crippen LogP contribution < -0.4 is 10.2 Å². The number of nitriles is 1. The Morgan fingerprint density at radius 3 is 2.38 bits per heavy atom. The van der Waals surface area contributed by atoms with E-state index >= 15 is 0 Å². The Labute approximate surface area is 143 Å². The number of hydrogen-bond acceptors (Lipinski definition) is 3. The minimum absolute atomic E-state index is 0.0773. The fraction of sp³-hybridized carbons (Fsp3) is 0.200. The summed E-state index contributed by atoms with van der Waals surface area (Å²) in [6.45, 7) is 3.93. The number of aryl methyl sites for hydroxylation is 1. The van der Waals surface area contributed by atoms with E-state index in [1.165, 1.54) is 0 Å². The lowest BCUT2D eigenvalue weighted by Crippen LogP contribution is -2.14. The fourth-order valence-corrected chi connectivity index (χ4v) is 2.26. The highest BCUT2D eigenvalue weighted by molar-refractivity contribution is 6.10. The summed E-state index contributed by atoms with van der Waals surface area (Å²) in [5.74, 6) is -0.400. The van der Waals surface area contributed by atoms with Gasteiger partial charge in [-0.3, -0.25) is 4.79 Å². The molecule has 0 saturated carbocycles. The predicted octanol–water partition coefficient (Wildman–Crippen LogP) is 3.92. The molecule has 0 bridgehead atoms. The summed E-state index contributed by atoms with van der Waals surface area (Å²) in [6, 6.07) is 15.4. The Balaban J connectivity index is 2.22. The molecule has 2 rings (SSSR count). The van der Waals surface area contributed by atoms with Gasteiger partial charge in [0.15, 0.2) is 0 Å². The van der Waals surface area contributed by atoms with Crippen LogP contribution in [0.1, 0.15) is 16.7 Å². The van der Waals surface area contributed by atoms with Crippen molar-refractivity contribution < 1.29 is 4.79 Å². The number of nitrogens with one attached hydrogen (secondary N) is 1. The average Bonchev–Trinajstić information content (AvgIpc) is 2.57. The second-order valence-electron chi connectivity index (χ2n) is 5.86. The molecule has 0 aliphatic carbocycles. The third kappa shape index (κ3) is 4.02. The molecule has 0 atom stereocenters. The largest absolute Gasteiger partial charge is 0.378 e. The monoisotopic (exact) mass is 319 g/mol. The molecule has 0 aromatic heterocycles. The van der Waals surface area contributed by atoms with Gasteiger partial charge >= 0.3 is 0 Å². The van der Waals surface area contributed by atoms with Gasteiger partial charge in [-0.2, -0.15) is 5.26 Å². The van der Waals surface area contributed by atoms with Crippen molar-refractivity contribution >= 4 is 23.4 Å². The minimum Gasteiger partial charge on any atom is -0.378 e. The summed E-state index contributed by atoms with van der Waals surface area (Å²) in [7, 11) is 3.92. The molecule has 1 N–H and O–H groups in total. The molecule has 0 saturated heterocycles. The lowest BCUT2D eigenvalue weighted by Gasteiger charge is -2.12. The molecule has 0 radical (unpaired) electrons. The third-order valence-electron chi connectivity index (χ3n) is 3.94. The second-order valence-corrected chi connectivity index (χ2v) is 5.86. The van der Waals surface area contributed by atoms with Crippen molar-refractivity contribution in [1.29, 1.82) is 5.26 Å². The van der Waals surface area contributed by atoms with Crippen molar-refractivity contribution in [1.82, 2.24) is 0 Å². The summed E-state index contributed by atoms with van der Waals surface area (Å²) in [5, 5.41) is 12.1. The Morgan fingerprint density at radius 2 is 1.79 bits per heavy atom. The first-order valence-corrected chi connectivity index (χ1v) is 7.69. The number of carbonyl (C=O) groups excluding carboxylic acids is 1. The van der Waals surface area contributed by atoms with Crippen LogP contribution in [-0.2, 0) is 4.79 Å². The Morgan fingerprint density at radius 1 is 1.12 bits per heavy atom. The first-order chi connectivity index (χ1) is 11.4. The van der Waals surface area contributed by atoms with Crippen LogP contribution in [-0.4, -0.2) is 20.0 Å². The first-order valence-electron chi connectivity index (χ1n) is 7.69. The SMILES string of the molecule is Cc1cccc(NC(=O)/C(C#N)=C/c2ccc(N(C)C)cc2)c1C. The number of amides is 1. The van der Waals surface area contributed by atoms with E-state index in [0.717, 1.165) is 28.1 Å². The van der Waals surface area contributed by atoms with Crippen LogP contribution in [0.2, 0.25) is 0 Å². The van der Waals surface area contributed by atoms with Crippen molar-refractivity contribution in [2.75, 3.05) is 24.3 Å². The van der Waals surface area contributed by atoms with E-state index in [1.54, 1.807) is 6.08 Å². The lowest BCUT2D eigenvalue weighted by molar-refractivity contribution is -0.112. The van der Waals surface area contributed by atoms with E-state index in [9.17, 15) is 10.1 Å². The molecule has 0 fully saturated rings. The van der Waals surface area contributed by atoms with Crippen molar-refractivity contribution in [3.8, 4) is 6.07 Å². The van der Waals surface area contributed by atoms with Crippen LogP contribution in [0.25, 0.3) is 6.08 Å². The maximum absolute atomic E-state index is 12.4. The summed E-state index contributed by atoms with van der Waals surface area (Å²) in [5.41, 5.74) is 4.77. The number of nitrogens with zero attached hydrogens (tertiary/aromatic N) is 2. The van der Waals surface area contributed by atoms with Crippen LogP contribution in [0.5, 0.6) is 0 Å². The van der Waals surface area contributed by atoms with Gasteiger partial charge in [0, 0.05) is 25.5 Å². The topological polar surface area (TPSA) is 56.1 Å². The van der Waals surface area contributed by atoms with E-state index in [-0.39, 0.29) is 5.57 Å². The quantitative estimate of drug-likeness (QED) is 0.686. The molecule has 0 aliphatic rings. The molecule has 0 unspecified atom stereocenters. The van der Waals surface area contributed by atoms with Gasteiger partial charge < -0.3 is 10.2 Å². The van der Waals surface area contributed by atoms with E-state index < -0.39 is 5.91 Å². The van der Waals surface area contributed by atoms with Crippen molar-refractivity contribution in [3.63, 3.8) is 0 Å². The van der Waals surface area contributed by atoms with Crippen molar-refractivity contribution in [3.05, 3.63) is 64.7 Å². The first kappa shape index (κ1) is 17.3. The van der Waals surface area contributed by atoms with Crippen LogP contribution in [0.3, 0.4) is 0 Å². The zero-order chi connectivity index (χ0) is 17.7. The maximum atomic E-state index is 12.4. The number of anilines is 2. The normalized spacial score (nSPS) is 10.9. The molecule has 122 valence electrons. The zero-order valence-electron chi connectivity index (χ0n) is 14.4. The van der Waals surface area contributed by atoms with Gasteiger partial charge in [0.25, 0.3) is 5.91 Å². The Bertz CT molecular complexity index is 812. The van der Waals surface area contributed by atoms with Gasteiger partial charge in [-0.25, -0.2) is 0 Å². The number of rotatable bonds is 4. The Hall–Kier alpha value is -3.06. The summed E-state index contributed by atoms with van der Waals surface area (Å²) in [6.07, 6.45) is 1.60. The van der Waals surface area contributed by atoms with Crippen LogP contribution in [0.4, 0.5) is 11.4 Å². The maximum Gasteiger partial charge on any atom is 0.266 e.